The van der Waals surface area contributed by atoms with Crippen molar-refractivity contribution < 1.29 is 0 Å². The molecular formula is C13H18N2. The summed E-state index contributed by atoms with van der Waals surface area (Å²) in [7, 11) is 4.29. The second kappa shape index (κ2) is 4.49. The third-order valence-electron chi connectivity index (χ3n) is 2.61. The Labute approximate surface area is 91.8 Å². The summed E-state index contributed by atoms with van der Waals surface area (Å²) in [6.45, 7) is 2.11. The molecule has 0 saturated carbocycles. The molecule has 1 aromatic rings. The molecule has 80 valence electrons. The highest BCUT2D eigenvalue weighted by molar-refractivity contribution is 5.23. The number of hydrogen-bond acceptors (Lipinski definition) is 2. The summed E-state index contributed by atoms with van der Waals surface area (Å²) in [4.78, 5) is 4.57. The summed E-state index contributed by atoms with van der Waals surface area (Å²) in [5.74, 6) is 0. The van der Waals surface area contributed by atoms with Crippen LogP contribution in [-0.2, 0) is 6.42 Å². The van der Waals surface area contributed by atoms with Crippen LogP contribution in [0.1, 0.15) is 5.56 Å². The van der Waals surface area contributed by atoms with Gasteiger partial charge in [0, 0.05) is 19.8 Å². The molecule has 0 atom stereocenters. The van der Waals surface area contributed by atoms with Crippen LogP contribution in [0.2, 0.25) is 0 Å². The summed E-state index contributed by atoms with van der Waals surface area (Å²) in [6.07, 6.45) is 3.34. The number of nitrogens with zero attached hydrogens (tertiary/aromatic N) is 2. The second-order valence-corrected chi connectivity index (χ2v) is 4.36. The smallest absolute Gasteiger partial charge is 0.0698 e. The Balaban J connectivity index is 2.06. The fraction of sp³-hybridized carbons (Fsp3) is 0.385. The fourth-order valence-corrected chi connectivity index (χ4v) is 2.13. The van der Waals surface area contributed by atoms with Crippen LogP contribution < -0.4 is 0 Å². The highest BCUT2D eigenvalue weighted by Gasteiger charge is 2.11. The third-order valence-corrected chi connectivity index (χ3v) is 2.61. The zero-order chi connectivity index (χ0) is 10.7. The summed E-state index contributed by atoms with van der Waals surface area (Å²) >= 11 is 0. The number of benzene rings is 1. The van der Waals surface area contributed by atoms with E-state index < -0.39 is 0 Å². The molecule has 1 aliphatic rings. The van der Waals surface area contributed by atoms with Gasteiger partial charge in [0.1, 0.15) is 0 Å². The van der Waals surface area contributed by atoms with Gasteiger partial charge in [-0.05, 0) is 24.6 Å². The Bertz CT molecular complexity index is 343. The topological polar surface area (TPSA) is 6.48 Å². The van der Waals surface area contributed by atoms with E-state index in [-0.39, 0.29) is 0 Å². The standard InChI is InChI=1S/C13H18N2/c1-14-9-13(10-15(2)11-14)8-12-6-4-3-5-7-12/h3-7,9H,8,10-11H2,1-2H3. The van der Waals surface area contributed by atoms with Crippen molar-refractivity contribution >= 4 is 0 Å². The molecule has 0 unspecified atom stereocenters. The van der Waals surface area contributed by atoms with E-state index in [0.29, 0.717) is 0 Å². The van der Waals surface area contributed by atoms with Crippen LogP contribution >= 0.6 is 0 Å². The van der Waals surface area contributed by atoms with Gasteiger partial charge in [-0.3, -0.25) is 4.90 Å². The molecule has 0 saturated heterocycles. The van der Waals surface area contributed by atoms with Gasteiger partial charge in [0.05, 0.1) is 6.67 Å². The zero-order valence-electron chi connectivity index (χ0n) is 9.48. The highest BCUT2D eigenvalue weighted by Crippen LogP contribution is 2.13. The minimum atomic E-state index is 1.03. The second-order valence-electron chi connectivity index (χ2n) is 4.36. The average Bonchev–Trinajstić information content (AvgIpc) is 2.17. The molecule has 0 spiro atoms. The van der Waals surface area contributed by atoms with Crippen molar-refractivity contribution in [1.82, 2.24) is 9.80 Å². The van der Waals surface area contributed by atoms with Gasteiger partial charge in [-0.25, -0.2) is 0 Å². The molecule has 0 bridgehead atoms. The Kier molecular flexibility index (Phi) is 3.07. The van der Waals surface area contributed by atoms with Gasteiger partial charge in [-0.15, -0.1) is 0 Å². The van der Waals surface area contributed by atoms with E-state index in [0.717, 1.165) is 19.6 Å². The molecule has 0 aromatic heterocycles. The minimum Gasteiger partial charge on any atom is -0.368 e. The number of likely N-dealkylation sites (N-methyl/N-ethyl adjacent to an activating group) is 1. The lowest BCUT2D eigenvalue weighted by molar-refractivity contribution is 0.219. The van der Waals surface area contributed by atoms with E-state index in [1.165, 1.54) is 11.1 Å². The van der Waals surface area contributed by atoms with Gasteiger partial charge < -0.3 is 4.90 Å². The maximum Gasteiger partial charge on any atom is 0.0698 e. The Morgan fingerprint density at radius 1 is 1.13 bits per heavy atom. The average molecular weight is 202 g/mol. The lowest BCUT2D eigenvalue weighted by atomic mass is 10.0. The molecule has 1 aromatic carbocycles. The quantitative estimate of drug-likeness (QED) is 0.723. The predicted molar refractivity (Wildman–Crippen MR) is 63.5 cm³/mol. The first-order chi connectivity index (χ1) is 7.24. The molecular weight excluding hydrogens is 184 g/mol. The van der Waals surface area contributed by atoms with Gasteiger partial charge in [-0.2, -0.15) is 0 Å². The lowest BCUT2D eigenvalue weighted by Gasteiger charge is -2.30. The van der Waals surface area contributed by atoms with Crippen LogP contribution in [0.4, 0.5) is 0 Å². The van der Waals surface area contributed by atoms with E-state index in [9.17, 15) is 0 Å². The maximum absolute atomic E-state index is 2.33. The van der Waals surface area contributed by atoms with Crippen LogP contribution in [0, 0.1) is 0 Å². The molecule has 0 radical (unpaired) electrons. The third kappa shape index (κ3) is 2.83. The van der Waals surface area contributed by atoms with E-state index in [4.69, 9.17) is 0 Å². The summed E-state index contributed by atoms with van der Waals surface area (Å²) < 4.78 is 0. The molecule has 0 amide bonds. The predicted octanol–water partition coefficient (Wildman–Crippen LogP) is 1.95. The van der Waals surface area contributed by atoms with Crippen LogP contribution in [0.25, 0.3) is 0 Å². The van der Waals surface area contributed by atoms with Gasteiger partial charge in [-0.1, -0.05) is 30.3 Å². The molecule has 0 N–H and O–H groups in total. The van der Waals surface area contributed by atoms with Crippen molar-refractivity contribution in [2.45, 2.75) is 6.42 Å². The lowest BCUT2D eigenvalue weighted by Crippen LogP contribution is -2.36. The molecule has 1 heterocycles. The number of rotatable bonds is 2. The van der Waals surface area contributed by atoms with Crippen molar-refractivity contribution in [2.24, 2.45) is 0 Å². The zero-order valence-corrected chi connectivity index (χ0v) is 9.48. The fourth-order valence-electron chi connectivity index (χ4n) is 2.13. The van der Waals surface area contributed by atoms with E-state index in [1.54, 1.807) is 0 Å². The van der Waals surface area contributed by atoms with E-state index in [2.05, 4.69) is 60.4 Å². The summed E-state index contributed by atoms with van der Waals surface area (Å²) in [5, 5.41) is 0. The first-order valence-electron chi connectivity index (χ1n) is 5.36. The largest absolute Gasteiger partial charge is 0.368 e. The molecule has 2 nitrogen and oxygen atoms in total. The van der Waals surface area contributed by atoms with Crippen molar-refractivity contribution in [3.05, 3.63) is 47.7 Å². The van der Waals surface area contributed by atoms with Crippen LogP contribution in [0.3, 0.4) is 0 Å². The minimum absolute atomic E-state index is 1.03. The van der Waals surface area contributed by atoms with Gasteiger partial charge >= 0.3 is 0 Å². The monoisotopic (exact) mass is 202 g/mol. The normalized spacial score (nSPS) is 17.7. The molecule has 0 fully saturated rings. The maximum atomic E-state index is 2.33. The molecule has 2 rings (SSSR count). The summed E-state index contributed by atoms with van der Waals surface area (Å²) in [6, 6.07) is 10.7. The van der Waals surface area contributed by atoms with Gasteiger partial charge in [0.15, 0.2) is 0 Å². The van der Waals surface area contributed by atoms with Gasteiger partial charge in [0.2, 0.25) is 0 Å². The Morgan fingerprint density at radius 2 is 1.87 bits per heavy atom. The van der Waals surface area contributed by atoms with Crippen LogP contribution in [0.5, 0.6) is 0 Å². The van der Waals surface area contributed by atoms with E-state index in [1.807, 2.05) is 0 Å². The van der Waals surface area contributed by atoms with Crippen LogP contribution in [0.15, 0.2) is 42.1 Å². The van der Waals surface area contributed by atoms with Crippen molar-refractivity contribution in [3.63, 3.8) is 0 Å². The Morgan fingerprint density at radius 3 is 2.53 bits per heavy atom. The summed E-state index contributed by atoms with van der Waals surface area (Å²) in [5.41, 5.74) is 2.88. The molecule has 15 heavy (non-hydrogen) atoms. The Hall–Kier alpha value is -1.28. The van der Waals surface area contributed by atoms with Crippen molar-refractivity contribution in [1.29, 1.82) is 0 Å². The van der Waals surface area contributed by atoms with Crippen molar-refractivity contribution in [3.8, 4) is 0 Å². The first-order valence-corrected chi connectivity index (χ1v) is 5.36. The van der Waals surface area contributed by atoms with Crippen LogP contribution in [-0.4, -0.2) is 37.1 Å². The van der Waals surface area contributed by atoms with Crippen molar-refractivity contribution in [2.75, 3.05) is 27.3 Å². The first kappa shape index (κ1) is 10.2. The van der Waals surface area contributed by atoms with E-state index >= 15 is 0 Å². The SMILES string of the molecule is CN1C=C(Cc2ccccc2)CN(C)C1. The molecule has 0 aliphatic carbocycles. The molecule has 1 aliphatic heterocycles. The highest BCUT2D eigenvalue weighted by atomic mass is 15.3. The molecule has 2 heteroatoms. The number of hydrogen-bond donors (Lipinski definition) is 0. The van der Waals surface area contributed by atoms with Gasteiger partial charge in [0.25, 0.3) is 0 Å².